The summed E-state index contributed by atoms with van der Waals surface area (Å²) < 4.78 is 14.5. The maximum Gasteiger partial charge on any atom is 0.235 e. The number of carbonyl (C=O) groups excluding carboxylic acids is 2. The lowest BCUT2D eigenvalue weighted by Gasteiger charge is -2.38. The van der Waals surface area contributed by atoms with E-state index >= 15 is 0 Å². The Morgan fingerprint density at radius 1 is 1.37 bits per heavy atom. The second-order valence-electron chi connectivity index (χ2n) is 11.1. The maximum atomic E-state index is 14.5. The number of halogens is 1. The highest BCUT2D eigenvalue weighted by atomic mass is 19.1. The minimum absolute atomic E-state index is 0.0419. The minimum Gasteiger partial charge on any atom is -0.389 e. The number of nitrogens with two attached hydrogens (primary N) is 2. The summed E-state index contributed by atoms with van der Waals surface area (Å²) in [5.41, 5.74) is 13.5. The molecule has 5 atom stereocenters. The SMILES string of the molecule is CCCCC1(C)CCC(F)CN=C(C(C(=O)NC2=CNCCC2C2CCN(C)C(=O)C2)C(N)N)C1. The number of amides is 2. The molecule has 5 unspecified atom stereocenters. The maximum absolute atomic E-state index is 14.5. The molecule has 2 amide bonds. The molecule has 0 aromatic carbocycles. The predicted molar refractivity (Wildman–Crippen MR) is 137 cm³/mol. The molecule has 1 saturated heterocycles. The molecule has 1 fully saturated rings. The quantitative estimate of drug-likeness (QED) is 0.387. The van der Waals surface area contributed by atoms with Gasteiger partial charge >= 0.3 is 0 Å². The van der Waals surface area contributed by atoms with Crippen molar-refractivity contribution in [3.63, 3.8) is 0 Å². The highest BCUT2D eigenvalue weighted by Crippen LogP contribution is 2.38. The van der Waals surface area contributed by atoms with Crippen LogP contribution in [0.3, 0.4) is 0 Å². The first kappa shape index (κ1) is 27.6. The molecule has 0 aliphatic carbocycles. The van der Waals surface area contributed by atoms with E-state index in [0.717, 1.165) is 57.3 Å². The van der Waals surface area contributed by atoms with Crippen molar-refractivity contribution in [2.24, 2.45) is 39.6 Å². The summed E-state index contributed by atoms with van der Waals surface area (Å²) >= 11 is 0. The Bertz CT molecular complexity index is 816. The van der Waals surface area contributed by atoms with Crippen molar-refractivity contribution >= 4 is 17.5 Å². The summed E-state index contributed by atoms with van der Waals surface area (Å²) in [6, 6.07) is 0. The normalized spacial score (nSPS) is 31.1. The highest BCUT2D eigenvalue weighted by Gasteiger charge is 2.38. The van der Waals surface area contributed by atoms with E-state index in [-0.39, 0.29) is 35.6 Å². The van der Waals surface area contributed by atoms with Gasteiger partial charge in [-0.3, -0.25) is 14.6 Å². The number of aliphatic imine (C=N–C) groups is 1. The van der Waals surface area contributed by atoms with E-state index in [1.165, 1.54) is 0 Å². The molecule has 0 radical (unpaired) electrons. The molecule has 8 nitrogen and oxygen atoms in total. The van der Waals surface area contributed by atoms with Gasteiger partial charge in [0.15, 0.2) is 0 Å². The third-order valence-electron chi connectivity index (χ3n) is 8.11. The van der Waals surface area contributed by atoms with Crippen LogP contribution in [0.25, 0.3) is 0 Å². The van der Waals surface area contributed by atoms with Crippen molar-refractivity contribution in [3.05, 3.63) is 11.9 Å². The fraction of sp³-hybridized carbons (Fsp3) is 0.808. The smallest absolute Gasteiger partial charge is 0.235 e. The van der Waals surface area contributed by atoms with E-state index in [4.69, 9.17) is 11.5 Å². The number of alkyl halides is 1. The lowest BCUT2D eigenvalue weighted by Crippen LogP contribution is -2.53. The number of hydrogen-bond acceptors (Lipinski definition) is 6. The third kappa shape index (κ3) is 7.26. The van der Waals surface area contributed by atoms with E-state index in [0.29, 0.717) is 25.0 Å². The minimum atomic E-state index is -1.03. The first-order valence-corrected chi connectivity index (χ1v) is 13.3. The molecular formula is C26H45FN6O2. The van der Waals surface area contributed by atoms with Crippen LogP contribution in [0.2, 0.25) is 0 Å². The lowest BCUT2D eigenvalue weighted by atomic mass is 9.73. The topological polar surface area (TPSA) is 126 Å². The van der Waals surface area contributed by atoms with E-state index in [1.807, 2.05) is 13.2 Å². The standard InChI is InChI=1S/C26H45FN6O2/c1-4-5-9-26(2)10-6-18(27)15-31-20(14-26)23(24(28)29)25(35)32-21-16-30-11-7-19(21)17-8-12-33(3)22(34)13-17/h16-19,23-24,30H,4-15,28-29H2,1-3H3,(H,32,35). The second kappa shape index (κ2) is 12.3. The molecule has 35 heavy (non-hydrogen) atoms. The zero-order valence-corrected chi connectivity index (χ0v) is 21.7. The van der Waals surface area contributed by atoms with Gasteiger partial charge in [0.05, 0.1) is 12.7 Å². The number of likely N-dealkylation sites (tertiary alicyclic amines) is 1. The van der Waals surface area contributed by atoms with E-state index in [9.17, 15) is 14.0 Å². The van der Waals surface area contributed by atoms with Crippen molar-refractivity contribution in [2.45, 2.75) is 84.0 Å². The van der Waals surface area contributed by atoms with Gasteiger partial charge in [-0.15, -0.1) is 0 Å². The number of nitrogens with one attached hydrogen (secondary N) is 2. The highest BCUT2D eigenvalue weighted by molar-refractivity contribution is 6.05. The van der Waals surface area contributed by atoms with E-state index < -0.39 is 18.3 Å². The first-order chi connectivity index (χ1) is 16.6. The molecule has 3 aliphatic heterocycles. The molecule has 3 aliphatic rings. The number of piperidine rings is 1. The van der Waals surface area contributed by atoms with Crippen LogP contribution in [-0.2, 0) is 9.59 Å². The summed E-state index contributed by atoms with van der Waals surface area (Å²) in [7, 11) is 1.83. The van der Waals surface area contributed by atoms with Gasteiger partial charge in [-0.1, -0.05) is 26.7 Å². The predicted octanol–water partition coefficient (Wildman–Crippen LogP) is 2.44. The Kier molecular flexibility index (Phi) is 9.69. The number of carbonyl (C=O) groups is 2. The molecule has 198 valence electrons. The Balaban J connectivity index is 1.79. The molecule has 3 heterocycles. The molecular weight excluding hydrogens is 447 g/mol. The van der Waals surface area contributed by atoms with Gasteiger partial charge in [0.2, 0.25) is 11.8 Å². The van der Waals surface area contributed by atoms with Crippen molar-refractivity contribution in [1.82, 2.24) is 15.5 Å². The van der Waals surface area contributed by atoms with Gasteiger partial charge in [-0.25, -0.2) is 4.39 Å². The number of allylic oxidation sites excluding steroid dienone is 1. The molecule has 0 saturated carbocycles. The van der Waals surface area contributed by atoms with Crippen LogP contribution in [0, 0.1) is 23.2 Å². The Hall–Kier alpha value is -2.00. The van der Waals surface area contributed by atoms with Crippen LogP contribution in [0.5, 0.6) is 0 Å². The van der Waals surface area contributed by atoms with Crippen molar-refractivity contribution < 1.29 is 14.0 Å². The van der Waals surface area contributed by atoms with E-state index in [1.54, 1.807) is 4.90 Å². The van der Waals surface area contributed by atoms with Crippen LogP contribution in [0.15, 0.2) is 16.9 Å². The monoisotopic (exact) mass is 492 g/mol. The Labute approximate surface area is 209 Å². The number of rotatable bonds is 8. The van der Waals surface area contributed by atoms with Gasteiger partial charge in [-0.05, 0) is 49.9 Å². The van der Waals surface area contributed by atoms with Gasteiger partial charge in [0.25, 0.3) is 0 Å². The molecule has 6 N–H and O–H groups in total. The van der Waals surface area contributed by atoms with Gasteiger partial charge in [-0.2, -0.15) is 0 Å². The average molecular weight is 493 g/mol. The number of nitrogens with zero attached hydrogens (tertiary/aromatic N) is 2. The summed E-state index contributed by atoms with van der Waals surface area (Å²) in [6.45, 7) is 5.87. The van der Waals surface area contributed by atoms with Gasteiger partial charge in [0.1, 0.15) is 12.1 Å². The largest absolute Gasteiger partial charge is 0.389 e. The molecule has 0 bridgehead atoms. The fourth-order valence-corrected chi connectivity index (χ4v) is 5.80. The lowest BCUT2D eigenvalue weighted by molar-refractivity contribution is -0.134. The zero-order chi connectivity index (χ0) is 25.6. The van der Waals surface area contributed by atoms with Crippen LogP contribution < -0.4 is 22.1 Å². The third-order valence-corrected chi connectivity index (χ3v) is 8.11. The second-order valence-corrected chi connectivity index (χ2v) is 11.1. The first-order valence-electron chi connectivity index (χ1n) is 13.3. The van der Waals surface area contributed by atoms with Crippen molar-refractivity contribution in [1.29, 1.82) is 0 Å². The molecule has 0 spiro atoms. The molecule has 0 aromatic heterocycles. The van der Waals surface area contributed by atoms with Gasteiger partial charge < -0.3 is 27.0 Å². The summed E-state index contributed by atoms with van der Waals surface area (Å²) in [4.78, 5) is 32.3. The van der Waals surface area contributed by atoms with Gasteiger partial charge in [0, 0.05) is 50.1 Å². The molecule has 9 heteroatoms. The van der Waals surface area contributed by atoms with Crippen LogP contribution in [-0.4, -0.2) is 61.4 Å². The number of hydrogen-bond donors (Lipinski definition) is 4. The molecule has 3 rings (SSSR count). The Morgan fingerprint density at radius 2 is 2.14 bits per heavy atom. The average Bonchev–Trinajstić information content (AvgIpc) is 2.81. The molecule has 0 aromatic rings. The summed E-state index contributed by atoms with van der Waals surface area (Å²) in [5, 5.41) is 6.31. The van der Waals surface area contributed by atoms with Crippen LogP contribution in [0.1, 0.15) is 71.6 Å². The van der Waals surface area contributed by atoms with Crippen LogP contribution in [0.4, 0.5) is 4.39 Å². The summed E-state index contributed by atoms with van der Waals surface area (Å²) in [5.74, 6) is -0.725. The van der Waals surface area contributed by atoms with Crippen LogP contribution >= 0.6 is 0 Å². The number of unbranched alkanes of at least 4 members (excludes halogenated alkanes) is 1. The van der Waals surface area contributed by atoms with Crippen molar-refractivity contribution in [3.8, 4) is 0 Å². The van der Waals surface area contributed by atoms with Crippen molar-refractivity contribution in [2.75, 3.05) is 26.7 Å². The summed E-state index contributed by atoms with van der Waals surface area (Å²) in [6.07, 6.45) is 6.98. The zero-order valence-electron chi connectivity index (χ0n) is 21.7. The fourth-order valence-electron chi connectivity index (χ4n) is 5.80. The Morgan fingerprint density at radius 3 is 2.83 bits per heavy atom. The van der Waals surface area contributed by atoms with E-state index in [2.05, 4.69) is 29.5 Å².